The van der Waals surface area contributed by atoms with Crippen LogP contribution in [0.15, 0.2) is 15.9 Å². The molecule has 0 radical (unpaired) electrons. The second kappa shape index (κ2) is 9.18. The molecule has 0 aliphatic carbocycles. The molecule has 1 fully saturated rings. The molecule has 154 valence electrons. The topological polar surface area (TPSA) is 94.2 Å². The number of piperidine rings is 1. The van der Waals surface area contributed by atoms with Crippen molar-refractivity contribution in [1.29, 1.82) is 0 Å². The van der Waals surface area contributed by atoms with Crippen molar-refractivity contribution >= 4 is 17.1 Å². The first-order valence-corrected chi connectivity index (χ1v) is 10.1. The maximum Gasteiger partial charge on any atom is 0.332 e. The average molecular weight is 390 g/mol. The molecule has 28 heavy (non-hydrogen) atoms. The molecule has 9 nitrogen and oxygen atoms in total. The molecule has 1 aliphatic rings. The molecular formula is C19H30N6O3. The van der Waals surface area contributed by atoms with E-state index in [1.54, 1.807) is 17.9 Å². The van der Waals surface area contributed by atoms with Crippen LogP contribution in [-0.2, 0) is 25.4 Å². The summed E-state index contributed by atoms with van der Waals surface area (Å²) in [5.41, 5.74) is 0.00579. The summed E-state index contributed by atoms with van der Waals surface area (Å²) in [6, 6.07) is 0. The molecule has 0 saturated carbocycles. The minimum absolute atomic E-state index is 0.0309. The van der Waals surface area contributed by atoms with Gasteiger partial charge in [-0.25, -0.2) is 9.78 Å². The molecule has 0 aromatic carbocycles. The van der Waals surface area contributed by atoms with Gasteiger partial charge in [0.15, 0.2) is 11.2 Å². The van der Waals surface area contributed by atoms with Crippen LogP contribution in [0.2, 0.25) is 0 Å². The Morgan fingerprint density at radius 3 is 2.57 bits per heavy atom. The summed E-state index contributed by atoms with van der Waals surface area (Å²) in [7, 11) is 3.05. The third kappa shape index (κ3) is 4.52. The normalized spacial score (nSPS) is 15.2. The van der Waals surface area contributed by atoms with Gasteiger partial charge >= 0.3 is 5.69 Å². The Kier molecular flexibility index (Phi) is 6.66. The van der Waals surface area contributed by atoms with Gasteiger partial charge in [0.05, 0.1) is 6.33 Å². The lowest BCUT2D eigenvalue weighted by atomic mass is 10.1. The Bertz CT molecular complexity index is 936. The van der Waals surface area contributed by atoms with Crippen LogP contribution in [0.25, 0.3) is 11.2 Å². The highest BCUT2D eigenvalue weighted by Gasteiger charge is 2.14. The van der Waals surface area contributed by atoms with Crippen molar-refractivity contribution in [2.75, 3.05) is 26.2 Å². The lowest BCUT2D eigenvalue weighted by Gasteiger charge is -2.26. The molecule has 1 N–H and O–H groups in total. The van der Waals surface area contributed by atoms with Crippen molar-refractivity contribution in [3.05, 3.63) is 27.2 Å². The van der Waals surface area contributed by atoms with Gasteiger partial charge in [0, 0.05) is 33.6 Å². The largest absolute Gasteiger partial charge is 0.356 e. The quantitative estimate of drug-likeness (QED) is 0.650. The van der Waals surface area contributed by atoms with E-state index >= 15 is 0 Å². The van der Waals surface area contributed by atoms with Crippen molar-refractivity contribution in [1.82, 2.24) is 28.9 Å². The Labute approximate surface area is 164 Å². The van der Waals surface area contributed by atoms with E-state index in [1.165, 1.54) is 44.0 Å². The fourth-order valence-corrected chi connectivity index (χ4v) is 3.78. The van der Waals surface area contributed by atoms with Crippen molar-refractivity contribution in [2.45, 2.75) is 45.1 Å². The highest BCUT2D eigenvalue weighted by atomic mass is 16.2. The zero-order valence-electron chi connectivity index (χ0n) is 16.8. The number of aryl methyl sites for hydroxylation is 2. The predicted octanol–water partition coefficient (Wildman–Crippen LogP) is 0.206. The van der Waals surface area contributed by atoms with Crippen LogP contribution in [0.1, 0.15) is 38.5 Å². The Morgan fingerprint density at radius 1 is 1.07 bits per heavy atom. The number of imidazole rings is 1. The molecule has 2 aromatic heterocycles. The summed E-state index contributed by atoms with van der Waals surface area (Å²) < 4.78 is 4.17. The fourth-order valence-electron chi connectivity index (χ4n) is 3.78. The van der Waals surface area contributed by atoms with E-state index in [4.69, 9.17) is 0 Å². The van der Waals surface area contributed by atoms with Crippen molar-refractivity contribution in [3.8, 4) is 0 Å². The number of carbonyl (C=O) groups is 1. The number of likely N-dealkylation sites (tertiary alicyclic amines) is 1. The van der Waals surface area contributed by atoms with Gasteiger partial charge < -0.3 is 14.8 Å². The van der Waals surface area contributed by atoms with E-state index in [0.29, 0.717) is 37.1 Å². The molecule has 9 heteroatoms. The van der Waals surface area contributed by atoms with Gasteiger partial charge in [-0.1, -0.05) is 6.42 Å². The van der Waals surface area contributed by atoms with Gasteiger partial charge in [0.2, 0.25) is 5.91 Å². The van der Waals surface area contributed by atoms with Crippen LogP contribution in [0.4, 0.5) is 0 Å². The minimum Gasteiger partial charge on any atom is -0.356 e. The molecule has 3 rings (SSSR count). The molecule has 1 aliphatic heterocycles. The molecule has 0 unspecified atom stereocenters. The number of carbonyl (C=O) groups excluding carboxylic acids is 1. The second-order valence-corrected chi connectivity index (χ2v) is 7.53. The van der Waals surface area contributed by atoms with Gasteiger partial charge in [0.25, 0.3) is 5.56 Å². The molecule has 0 atom stereocenters. The third-order valence-corrected chi connectivity index (χ3v) is 5.44. The van der Waals surface area contributed by atoms with Crippen molar-refractivity contribution in [3.63, 3.8) is 0 Å². The molecule has 1 saturated heterocycles. The Morgan fingerprint density at radius 2 is 1.82 bits per heavy atom. The van der Waals surface area contributed by atoms with Gasteiger partial charge in [-0.2, -0.15) is 0 Å². The number of amides is 1. The van der Waals surface area contributed by atoms with E-state index in [2.05, 4.69) is 15.2 Å². The molecule has 3 heterocycles. The third-order valence-electron chi connectivity index (χ3n) is 5.44. The summed E-state index contributed by atoms with van der Waals surface area (Å²) in [6.45, 7) is 4.61. The van der Waals surface area contributed by atoms with Crippen LogP contribution in [0.5, 0.6) is 0 Å². The van der Waals surface area contributed by atoms with Crippen LogP contribution >= 0.6 is 0 Å². The lowest BCUT2D eigenvalue weighted by Crippen LogP contribution is -2.37. The molecule has 1 amide bonds. The predicted molar refractivity (Wildman–Crippen MR) is 107 cm³/mol. The van der Waals surface area contributed by atoms with E-state index in [1.807, 2.05) is 0 Å². The summed E-state index contributed by atoms with van der Waals surface area (Å²) in [4.78, 5) is 43.1. The first kappa shape index (κ1) is 20.3. The van der Waals surface area contributed by atoms with Gasteiger partial charge in [0.1, 0.15) is 0 Å². The van der Waals surface area contributed by atoms with Crippen molar-refractivity contribution < 1.29 is 4.79 Å². The van der Waals surface area contributed by atoms with Gasteiger partial charge in [-0.05, 0) is 45.3 Å². The molecule has 0 bridgehead atoms. The van der Waals surface area contributed by atoms with Gasteiger partial charge in [-0.3, -0.25) is 18.7 Å². The second-order valence-electron chi connectivity index (χ2n) is 7.53. The van der Waals surface area contributed by atoms with Crippen LogP contribution in [-0.4, -0.2) is 55.7 Å². The number of aromatic nitrogens is 4. The lowest BCUT2D eigenvalue weighted by molar-refractivity contribution is -0.121. The molecule has 2 aromatic rings. The highest BCUT2D eigenvalue weighted by molar-refractivity contribution is 5.75. The molecular weight excluding hydrogens is 360 g/mol. The minimum atomic E-state index is -0.397. The standard InChI is InChI=1S/C19H30N6O3/c1-22-17-16(18(27)23(2)19(22)28)25(14-21-17)13-6-8-15(26)20-9-7-12-24-10-4-3-5-11-24/h14H,3-13H2,1-2H3,(H,20,26). The van der Waals surface area contributed by atoms with Gasteiger partial charge in [-0.15, -0.1) is 0 Å². The maximum atomic E-state index is 12.4. The number of fused-ring (bicyclic) bond motifs is 1. The maximum absolute atomic E-state index is 12.4. The van der Waals surface area contributed by atoms with Crippen LogP contribution in [0.3, 0.4) is 0 Å². The number of hydrogen-bond donors (Lipinski definition) is 1. The van der Waals surface area contributed by atoms with E-state index in [9.17, 15) is 14.4 Å². The Hall–Kier alpha value is -2.42. The number of hydrogen-bond acceptors (Lipinski definition) is 5. The highest BCUT2D eigenvalue weighted by Crippen LogP contribution is 2.09. The van der Waals surface area contributed by atoms with Crippen molar-refractivity contribution in [2.24, 2.45) is 14.1 Å². The van der Waals surface area contributed by atoms with E-state index < -0.39 is 5.69 Å². The number of rotatable bonds is 8. The summed E-state index contributed by atoms with van der Waals surface area (Å²) >= 11 is 0. The zero-order valence-corrected chi connectivity index (χ0v) is 16.8. The average Bonchev–Trinajstić information content (AvgIpc) is 3.13. The smallest absolute Gasteiger partial charge is 0.332 e. The first-order valence-electron chi connectivity index (χ1n) is 10.1. The number of nitrogens with zero attached hydrogens (tertiary/aromatic N) is 5. The monoisotopic (exact) mass is 390 g/mol. The first-order chi connectivity index (χ1) is 13.5. The summed E-state index contributed by atoms with van der Waals surface area (Å²) in [6.07, 6.45) is 7.44. The molecule has 0 spiro atoms. The number of nitrogens with one attached hydrogen (secondary N) is 1. The fraction of sp³-hybridized carbons (Fsp3) is 0.684. The van der Waals surface area contributed by atoms with E-state index in [0.717, 1.165) is 17.5 Å². The van der Waals surface area contributed by atoms with E-state index in [-0.39, 0.29) is 11.5 Å². The van der Waals surface area contributed by atoms with Crippen LogP contribution < -0.4 is 16.6 Å². The zero-order chi connectivity index (χ0) is 20.1. The SMILES string of the molecule is Cn1c(=O)c2c(ncn2CCCC(=O)NCCCN2CCCCC2)n(C)c1=O. The van der Waals surface area contributed by atoms with Crippen LogP contribution in [0, 0.1) is 0 Å². The Balaban J connectivity index is 1.45. The summed E-state index contributed by atoms with van der Waals surface area (Å²) in [5, 5.41) is 2.97. The summed E-state index contributed by atoms with van der Waals surface area (Å²) in [5.74, 6) is 0.0309.